The van der Waals surface area contributed by atoms with Crippen LogP contribution in [0, 0.1) is 18.8 Å². The molecule has 0 radical (unpaired) electrons. The van der Waals surface area contributed by atoms with Crippen LogP contribution < -0.4 is 5.32 Å². The Morgan fingerprint density at radius 2 is 1.71 bits per heavy atom. The summed E-state index contributed by atoms with van der Waals surface area (Å²) in [5.41, 5.74) is 1.82. The number of carbonyl (C=O) groups is 2. The molecule has 2 aliphatic rings. The second-order valence-electron chi connectivity index (χ2n) is 8.76. The summed E-state index contributed by atoms with van der Waals surface area (Å²) in [7, 11) is 0. The molecule has 1 N–H and O–H groups in total. The number of nitrogens with zero attached hydrogens (tertiary/aromatic N) is 1. The van der Waals surface area contributed by atoms with E-state index in [2.05, 4.69) is 19.2 Å². The summed E-state index contributed by atoms with van der Waals surface area (Å²) in [6.45, 7) is 8.27. The van der Waals surface area contributed by atoms with Crippen molar-refractivity contribution in [2.24, 2.45) is 11.8 Å². The zero-order valence-electron chi connectivity index (χ0n) is 17.6. The van der Waals surface area contributed by atoms with E-state index in [0.717, 1.165) is 18.4 Å². The summed E-state index contributed by atoms with van der Waals surface area (Å²) in [5, 5.41) is 3.25. The molecule has 1 aromatic rings. The summed E-state index contributed by atoms with van der Waals surface area (Å²) in [6, 6.07) is 7.45. The van der Waals surface area contributed by atoms with Crippen molar-refractivity contribution in [1.29, 1.82) is 0 Å². The lowest BCUT2D eigenvalue weighted by Crippen LogP contribution is -2.53. The zero-order chi connectivity index (χ0) is 20.3. The molecule has 28 heavy (non-hydrogen) atoms. The van der Waals surface area contributed by atoms with E-state index in [1.807, 2.05) is 43.0 Å². The molecular weight excluding hydrogens is 368 g/mol. The quantitative estimate of drug-likeness (QED) is 0.782. The van der Waals surface area contributed by atoms with Gasteiger partial charge in [-0.3, -0.25) is 9.59 Å². The maximum absolute atomic E-state index is 13.5. The van der Waals surface area contributed by atoms with Gasteiger partial charge in [-0.25, -0.2) is 0 Å². The Balaban J connectivity index is 1.84. The van der Waals surface area contributed by atoms with Crippen LogP contribution in [0.15, 0.2) is 24.3 Å². The third-order valence-electron chi connectivity index (χ3n) is 6.29. The lowest BCUT2D eigenvalue weighted by atomic mass is 9.88. The van der Waals surface area contributed by atoms with Crippen LogP contribution in [0.5, 0.6) is 0 Å². The molecule has 1 saturated heterocycles. The van der Waals surface area contributed by atoms with Gasteiger partial charge in [0.2, 0.25) is 5.91 Å². The first kappa shape index (κ1) is 21.2. The van der Waals surface area contributed by atoms with E-state index >= 15 is 0 Å². The van der Waals surface area contributed by atoms with Crippen LogP contribution in [0.1, 0.15) is 68.8 Å². The van der Waals surface area contributed by atoms with Gasteiger partial charge < -0.3 is 10.2 Å². The molecule has 3 rings (SSSR count). The average molecular weight is 403 g/mol. The number of benzene rings is 1. The highest BCUT2D eigenvalue weighted by molar-refractivity contribution is 8.00. The molecule has 1 aromatic carbocycles. The van der Waals surface area contributed by atoms with Crippen LogP contribution in [0.2, 0.25) is 0 Å². The minimum Gasteiger partial charge on any atom is -0.352 e. The Morgan fingerprint density at radius 1 is 1.07 bits per heavy atom. The van der Waals surface area contributed by atoms with Crippen molar-refractivity contribution in [3.63, 3.8) is 0 Å². The topological polar surface area (TPSA) is 49.4 Å². The van der Waals surface area contributed by atoms with Gasteiger partial charge in [0, 0.05) is 17.4 Å². The standard InChI is InChI=1S/C23H34N2O2S/c1-15(2)17(4)24-21(26)20-14-28-23(19-8-6-5-7-9-19)25(20)22(27)18-12-10-16(3)11-13-18/h10-13,15,17,19-20,23H,5-9,14H2,1-4H3,(H,24,26). The number of aryl methyl sites for hydroxylation is 1. The Hall–Kier alpha value is -1.49. The average Bonchev–Trinajstić information content (AvgIpc) is 3.13. The Bertz CT molecular complexity index is 682. The smallest absolute Gasteiger partial charge is 0.255 e. The van der Waals surface area contributed by atoms with Crippen molar-refractivity contribution in [3.05, 3.63) is 35.4 Å². The fourth-order valence-electron chi connectivity index (χ4n) is 4.10. The summed E-state index contributed by atoms with van der Waals surface area (Å²) in [4.78, 5) is 28.5. The summed E-state index contributed by atoms with van der Waals surface area (Å²) in [5.74, 6) is 1.54. The SMILES string of the molecule is Cc1ccc(C(=O)N2C(C(=O)NC(C)C(C)C)CSC2C2CCCCC2)cc1. The predicted octanol–water partition coefficient (Wildman–Crippen LogP) is 4.62. The van der Waals surface area contributed by atoms with Crippen molar-refractivity contribution in [1.82, 2.24) is 10.2 Å². The van der Waals surface area contributed by atoms with Crippen LogP contribution in [0.25, 0.3) is 0 Å². The van der Waals surface area contributed by atoms with Crippen LogP contribution in [-0.2, 0) is 4.79 Å². The first-order valence-corrected chi connectivity index (χ1v) is 11.7. The molecule has 1 saturated carbocycles. The number of rotatable bonds is 5. The molecule has 0 bridgehead atoms. The lowest BCUT2D eigenvalue weighted by Gasteiger charge is -2.36. The predicted molar refractivity (Wildman–Crippen MR) is 116 cm³/mol. The van der Waals surface area contributed by atoms with Gasteiger partial charge in [0.05, 0.1) is 5.37 Å². The van der Waals surface area contributed by atoms with E-state index in [-0.39, 0.29) is 29.3 Å². The second-order valence-corrected chi connectivity index (χ2v) is 9.91. The molecule has 2 fully saturated rings. The van der Waals surface area contributed by atoms with Crippen molar-refractivity contribution < 1.29 is 9.59 Å². The van der Waals surface area contributed by atoms with Crippen LogP contribution in [0.3, 0.4) is 0 Å². The molecular formula is C23H34N2O2S. The minimum absolute atomic E-state index is 0.00192. The summed E-state index contributed by atoms with van der Waals surface area (Å²) < 4.78 is 0. The number of nitrogens with one attached hydrogen (secondary N) is 1. The molecule has 154 valence electrons. The van der Waals surface area contributed by atoms with Gasteiger partial charge >= 0.3 is 0 Å². The third kappa shape index (κ3) is 4.73. The van der Waals surface area contributed by atoms with E-state index < -0.39 is 0 Å². The molecule has 1 heterocycles. The molecule has 4 nitrogen and oxygen atoms in total. The Labute approximate surface area is 173 Å². The summed E-state index contributed by atoms with van der Waals surface area (Å²) in [6.07, 6.45) is 6.07. The maximum Gasteiger partial charge on any atom is 0.255 e. The van der Waals surface area contributed by atoms with E-state index in [1.54, 1.807) is 11.8 Å². The highest BCUT2D eigenvalue weighted by atomic mass is 32.2. The highest BCUT2D eigenvalue weighted by Crippen LogP contribution is 2.41. The first-order chi connectivity index (χ1) is 13.4. The Kier molecular flexibility index (Phi) is 7.08. The van der Waals surface area contributed by atoms with Crippen molar-refractivity contribution in [2.45, 2.75) is 77.3 Å². The van der Waals surface area contributed by atoms with Crippen molar-refractivity contribution >= 4 is 23.6 Å². The first-order valence-electron chi connectivity index (χ1n) is 10.7. The third-order valence-corrected chi connectivity index (χ3v) is 7.76. The number of thioether (sulfide) groups is 1. The van der Waals surface area contributed by atoms with Crippen LogP contribution in [-0.4, -0.2) is 39.9 Å². The Morgan fingerprint density at radius 3 is 2.32 bits per heavy atom. The molecule has 1 aliphatic carbocycles. The molecule has 2 amide bonds. The van der Waals surface area contributed by atoms with Crippen molar-refractivity contribution in [2.75, 3.05) is 5.75 Å². The lowest BCUT2D eigenvalue weighted by molar-refractivity contribution is -0.126. The monoisotopic (exact) mass is 402 g/mol. The molecule has 1 aliphatic heterocycles. The van der Waals surface area contributed by atoms with Gasteiger partial charge in [0.15, 0.2) is 0 Å². The van der Waals surface area contributed by atoms with Gasteiger partial charge in [-0.2, -0.15) is 0 Å². The van der Waals surface area contributed by atoms with Crippen LogP contribution in [0.4, 0.5) is 0 Å². The number of hydrogen-bond donors (Lipinski definition) is 1. The fraction of sp³-hybridized carbons (Fsp3) is 0.652. The summed E-state index contributed by atoms with van der Waals surface area (Å²) >= 11 is 1.80. The van der Waals surface area contributed by atoms with Gasteiger partial charge in [0.25, 0.3) is 5.91 Å². The maximum atomic E-state index is 13.5. The number of hydrogen-bond acceptors (Lipinski definition) is 3. The number of carbonyl (C=O) groups excluding carboxylic acids is 2. The molecule has 3 atom stereocenters. The normalized spacial score (nSPS) is 24.4. The van der Waals surface area contributed by atoms with Crippen LogP contribution >= 0.6 is 11.8 Å². The number of amides is 2. The minimum atomic E-state index is -0.382. The van der Waals surface area contributed by atoms with Gasteiger partial charge in [0.1, 0.15) is 6.04 Å². The molecule has 0 aromatic heterocycles. The highest BCUT2D eigenvalue weighted by Gasteiger charge is 2.45. The van der Waals surface area contributed by atoms with E-state index in [0.29, 0.717) is 23.2 Å². The second kappa shape index (κ2) is 9.34. The van der Waals surface area contributed by atoms with Gasteiger partial charge in [-0.1, -0.05) is 50.8 Å². The van der Waals surface area contributed by atoms with E-state index in [1.165, 1.54) is 19.3 Å². The van der Waals surface area contributed by atoms with E-state index in [4.69, 9.17) is 0 Å². The zero-order valence-corrected chi connectivity index (χ0v) is 18.4. The van der Waals surface area contributed by atoms with E-state index in [9.17, 15) is 9.59 Å². The largest absolute Gasteiger partial charge is 0.352 e. The molecule has 3 unspecified atom stereocenters. The fourth-order valence-corrected chi connectivity index (χ4v) is 5.74. The van der Waals surface area contributed by atoms with Crippen molar-refractivity contribution in [3.8, 4) is 0 Å². The molecule has 0 spiro atoms. The van der Waals surface area contributed by atoms with Gasteiger partial charge in [-0.05, 0) is 50.7 Å². The van der Waals surface area contributed by atoms with Gasteiger partial charge in [-0.15, -0.1) is 11.8 Å². The molecule has 5 heteroatoms.